The first-order chi connectivity index (χ1) is 8.11. The Labute approximate surface area is 105 Å². The van der Waals surface area contributed by atoms with Gasteiger partial charge in [-0.2, -0.15) is 4.94 Å². The molecule has 2 nitrogen and oxygen atoms in total. The second-order valence-corrected chi connectivity index (χ2v) is 4.81. The summed E-state index contributed by atoms with van der Waals surface area (Å²) in [5.74, 6) is 0.763. The first-order valence-corrected chi connectivity index (χ1v) is 6.60. The molecule has 0 spiro atoms. The zero-order chi connectivity index (χ0) is 13.1. The Hall–Kier alpha value is -0.410. The van der Waals surface area contributed by atoms with Crippen LogP contribution in [0.5, 0.6) is 0 Å². The molecule has 0 saturated heterocycles. The Morgan fingerprint density at radius 2 is 1.88 bits per heavy atom. The van der Waals surface area contributed by atoms with E-state index in [2.05, 4.69) is 31.8 Å². The normalized spacial score (nSPS) is 23.6. The molecule has 0 amide bonds. The Morgan fingerprint density at radius 1 is 1.29 bits per heavy atom. The second kappa shape index (κ2) is 10.7. The molecule has 102 valence electrons. The molecule has 2 unspecified atom stereocenters. The van der Waals surface area contributed by atoms with Gasteiger partial charge < -0.3 is 4.74 Å². The highest BCUT2D eigenvalue weighted by molar-refractivity contribution is 4.93. The zero-order valence-corrected chi connectivity index (χ0v) is 11.7. The Bertz CT molecular complexity index is 198. The monoisotopic (exact) mass is 246 g/mol. The summed E-state index contributed by atoms with van der Waals surface area (Å²) in [6.07, 6.45) is 8.04. The number of hydrogen-bond acceptors (Lipinski definition) is 2. The molecular weight excluding hydrogens is 219 g/mol. The van der Waals surface area contributed by atoms with Gasteiger partial charge in [0.1, 0.15) is 0 Å². The third-order valence-corrected chi connectivity index (χ3v) is 2.94. The van der Waals surface area contributed by atoms with E-state index in [4.69, 9.17) is 4.74 Å². The standard InChI is InChI=1S/C12H22O.C2H5FO/c1-10(2)8-9-13-12-7-5-4-6-11(12)3;1-2-4-3/h8,11-12H,4-7,9H2,1-3H3;2H2,1H3. The van der Waals surface area contributed by atoms with E-state index in [1.165, 1.54) is 31.3 Å². The van der Waals surface area contributed by atoms with Crippen molar-refractivity contribution in [3.8, 4) is 0 Å². The topological polar surface area (TPSA) is 18.5 Å². The number of ether oxygens (including phenoxy) is 1. The summed E-state index contributed by atoms with van der Waals surface area (Å²) in [7, 11) is 0. The molecular formula is C14H27FO2. The van der Waals surface area contributed by atoms with Gasteiger partial charge in [0, 0.05) is 0 Å². The maximum absolute atomic E-state index is 10.2. The minimum Gasteiger partial charge on any atom is -0.374 e. The smallest absolute Gasteiger partial charge is 0.0848 e. The molecule has 0 bridgehead atoms. The highest BCUT2D eigenvalue weighted by Crippen LogP contribution is 2.26. The van der Waals surface area contributed by atoms with Gasteiger partial charge in [-0.25, -0.2) is 0 Å². The van der Waals surface area contributed by atoms with Gasteiger partial charge in [-0.15, -0.1) is 0 Å². The van der Waals surface area contributed by atoms with Crippen LogP contribution in [0.2, 0.25) is 0 Å². The molecule has 0 aromatic carbocycles. The van der Waals surface area contributed by atoms with Crippen LogP contribution in [0.15, 0.2) is 11.6 Å². The van der Waals surface area contributed by atoms with Crippen LogP contribution in [0.25, 0.3) is 0 Å². The predicted octanol–water partition coefficient (Wildman–Crippen LogP) is 4.46. The molecule has 2 atom stereocenters. The summed E-state index contributed by atoms with van der Waals surface area (Å²) in [4.78, 5) is 3.04. The quantitative estimate of drug-likeness (QED) is 0.682. The zero-order valence-electron chi connectivity index (χ0n) is 11.7. The van der Waals surface area contributed by atoms with Crippen LogP contribution in [0, 0.1) is 5.92 Å². The van der Waals surface area contributed by atoms with Crippen LogP contribution in [0.4, 0.5) is 4.53 Å². The molecule has 0 aromatic heterocycles. The maximum Gasteiger partial charge on any atom is 0.0848 e. The van der Waals surface area contributed by atoms with E-state index in [0.717, 1.165) is 12.5 Å². The van der Waals surface area contributed by atoms with Gasteiger partial charge in [0.25, 0.3) is 0 Å². The molecule has 1 rings (SSSR count). The largest absolute Gasteiger partial charge is 0.374 e. The molecule has 1 aliphatic carbocycles. The molecule has 17 heavy (non-hydrogen) atoms. The highest BCUT2D eigenvalue weighted by Gasteiger charge is 2.20. The predicted molar refractivity (Wildman–Crippen MR) is 69.5 cm³/mol. The van der Waals surface area contributed by atoms with Crippen molar-refractivity contribution >= 4 is 0 Å². The minimum absolute atomic E-state index is 0.153. The van der Waals surface area contributed by atoms with Crippen molar-refractivity contribution in [2.75, 3.05) is 13.2 Å². The van der Waals surface area contributed by atoms with Gasteiger partial charge in [0.15, 0.2) is 0 Å². The van der Waals surface area contributed by atoms with Crippen molar-refractivity contribution in [1.82, 2.24) is 0 Å². The van der Waals surface area contributed by atoms with Gasteiger partial charge >= 0.3 is 0 Å². The molecule has 1 fully saturated rings. The van der Waals surface area contributed by atoms with Gasteiger partial charge in [0.05, 0.1) is 19.3 Å². The molecule has 0 radical (unpaired) electrons. The van der Waals surface area contributed by atoms with Crippen molar-refractivity contribution in [2.24, 2.45) is 5.92 Å². The molecule has 0 heterocycles. The molecule has 0 N–H and O–H groups in total. The van der Waals surface area contributed by atoms with Gasteiger partial charge in [-0.05, 0) is 44.1 Å². The van der Waals surface area contributed by atoms with Crippen molar-refractivity contribution < 1.29 is 14.2 Å². The molecule has 1 saturated carbocycles. The average Bonchev–Trinajstić information content (AvgIpc) is 2.31. The number of hydrogen-bond donors (Lipinski definition) is 0. The van der Waals surface area contributed by atoms with Crippen LogP contribution < -0.4 is 0 Å². The Morgan fingerprint density at radius 3 is 2.35 bits per heavy atom. The van der Waals surface area contributed by atoms with E-state index in [-0.39, 0.29) is 6.61 Å². The molecule has 3 heteroatoms. The van der Waals surface area contributed by atoms with E-state index in [0.29, 0.717) is 6.10 Å². The molecule has 1 aliphatic rings. The SMILES string of the molecule is CC(C)=CCOC1CCCCC1C.CCOF. The lowest BCUT2D eigenvalue weighted by Crippen LogP contribution is -2.25. The molecule has 0 aromatic rings. The van der Waals surface area contributed by atoms with Crippen molar-refractivity contribution in [1.29, 1.82) is 0 Å². The van der Waals surface area contributed by atoms with E-state index in [9.17, 15) is 4.53 Å². The van der Waals surface area contributed by atoms with E-state index >= 15 is 0 Å². The number of rotatable bonds is 4. The first-order valence-electron chi connectivity index (χ1n) is 6.60. The van der Waals surface area contributed by atoms with Gasteiger partial charge in [0.2, 0.25) is 0 Å². The van der Waals surface area contributed by atoms with Crippen LogP contribution in [-0.2, 0) is 9.68 Å². The Balaban J connectivity index is 0.000000557. The van der Waals surface area contributed by atoms with E-state index in [1.807, 2.05) is 0 Å². The third kappa shape index (κ3) is 9.31. The van der Waals surface area contributed by atoms with Crippen molar-refractivity contribution in [2.45, 2.75) is 59.5 Å². The summed E-state index contributed by atoms with van der Waals surface area (Å²) in [6.45, 7) is 9.09. The summed E-state index contributed by atoms with van der Waals surface area (Å²) < 4.78 is 16.1. The fourth-order valence-corrected chi connectivity index (χ4v) is 1.87. The third-order valence-electron chi connectivity index (χ3n) is 2.94. The first kappa shape index (κ1) is 16.6. The van der Waals surface area contributed by atoms with E-state index < -0.39 is 0 Å². The Kier molecular flexibility index (Phi) is 10.5. The van der Waals surface area contributed by atoms with Crippen molar-refractivity contribution in [3.63, 3.8) is 0 Å². The second-order valence-electron chi connectivity index (χ2n) is 4.81. The minimum atomic E-state index is 0.153. The van der Waals surface area contributed by atoms with Crippen molar-refractivity contribution in [3.05, 3.63) is 11.6 Å². The molecule has 0 aliphatic heterocycles. The number of allylic oxidation sites excluding steroid dienone is 1. The summed E-state index contributed by atoms with van der Waals surface area (Å²) >= 11 is 0. The fraction of sp³-hybridized carbons (Fsp3) is 0.857. The van der Waals surface area contributed by atoms with E-state index in [1.54, 1.807) is 6.92 Å². The van der Waals surface area contributed by atoms with Crippen LogP contribution in [-0.4, -0.2) is 19.3 Å². The maximum atomic E-state index is 10.2. The summed E-state index contributed by atoms with van der Waals surface area (Å²) in [5, 5.41) is 0. The van der Waals surface area contributed by atoms with Crippen LogP contribution >= 0.6 is 0 Å². The summed E-state index contributed by atoms with van der Waals surface area (Å²) in [6, 6.07) is 0. The lowest BCUT2D eigenvalue weighted by atomic mass is 9.88. The lowest BCUT2D eigenvalue weighted by molar-refractivity contribution is -0.125. The summed E-state index contributed by atoms with van der Waals surface area (Å²) in [5.41, 5.74) is 1.35. The highest BCUT2D eigenvalue weighted by atomic mass is 19.3. The van der Waals surface area contributed by atoms with Gasteiger partial charge in [-0.1, -0.05) is 31.4 Å². The van der Waals surface area contributed by atoms with Crippen LogP contribution in [0.1, 0.15) is 53.4 Å². The van der Waals surface area contributed by atoms with Crippen LogP contribution in [0.3, 0.4) is 0 Å². The fourth-order valence-electron chi connectivity index (χ4n) is 1.87. The average molecular weight is 246 g/mol. The lowest BCUT2D eigenvalue weighted by Gasteiger charge is -2.28. The van der Waals surface area contributed by atoms with Gasteiger partial charge in [-0.3, -0.25) is 0 Å². The number of halogens is 1.